The zero-order chi connectivity index (χ0) is 17.4. The first kappa shape index (κ1) is 16.0. The number of carbonyl (C=O) groups is 1. The molecule has 2 amide bonds. The van der Waals surface area contributed by atoms with E-state index in [1.165, 1.54) is 12.1 Å². The number of halogens is 1. The fourth-order valence-electron chi connectivity index (χ4n) is 4.15. The molecular formula is C19H20FN3O2. The highest BCUT2D eigenvalue weighted by Crippen LogP contribution is 2.45. The predicted molar refractivity (Wildman–Crippen MR) is 91.4 cm³/mol. The highest BCUT2D eigenvalue weighted by Gasteiger charge is 2.50. The molecule has 2 bridgehead atoms. The first-order valence-electron chi connectivity index (χ1n) is 8.53. The maximum Gasteiger partial charge on any atom is 0.322 e. The summed E-state index contributed by atoms with van der Waals surface area (Å²) in [5.41, 5.74) is 0.441. The number of aromatic nitrogens is 1. The summed E-state index contributed by atoms with van der Waals surface area (Å²) in [5.74, 6) is -0.336. The summed E-state index contributed by atoms with van der Waals surface area (Å²) >= 11 is 0. The van der Waals surface area contributed by atoms with Crippen molar-refractivity contribution in [2.45, 2.75) is 43.4 Å². The second-order valence-corrected chi connectivity index (χ2v) is 6.91. The Labute approximate surface area is 145 Å². The zero-order valence-corrected chi connectivity index (χ0v) is 13.7. The van der Waals surface area contributed by atoms with Gasteiger partial charge in [0.05, 0.1) is 5.60 Å². The molecule has 0 saturated carbocycles. The van der Waals surface area contributed by atoms with E-state index in [1.807, 2.05) is 17.0 Å². The lowest BCUT2D eigenvalue weighted by molar-refractivity contribution is -0.0424. The van der Waals surface area contributed by atoms with Crippen LogP contribution in [0.4, 0.5) is 14.9 Å². The average molecular weight is 341 g/mol. The number of amides is 2. The topological polar surface area (TPSA) is 65.5 Å². The lowest BCUT2D eigenvalue weighted by atomic mass is 9.81. The SMILES string of the molecule is O=C(Nc1ccc(F)cc1)N1[C@@H]2CC[C@H]1CC(O)(c1cccnc1)C2. The van der Waals surface area contributed by atoms with Gasteiger partial charge in [0.15, 0.2) is 0 Å². The second-order valence-electron chi connectivity index (χ2n) is 6.91. The van der Waals surface area contributed by atoms with Crippen LogP contribution in [0, 0.1) is 5.82 Å². The van der Waals surface area contributed by atoms with Crippen LogP contribution in [0.5, 0.6) is 0 Å². The largest absolute Gasteiger partial charge is 0.385 e. The molecule has 130 valence electrons. The molecule has 0 aliphatic carbocycles. The minimum Gasteiger partial charge on any atom is -0.385 e. The summed E-state index contributed by atoms with van der Waals surface area (Å²) in [6.45, 7) is 0. The number of aliphatic hydroxyl groups is 1. The minimum absolute atomic E-state index is 0.00981. The molecule has 1 unspecified atom stereocenters. The van der Waals surface area contributed by atoms with Gasteiger partial charge < -0.3 is 15.3 Å². The molecular weight excluding hydrogens is 321 g/mol. The van der Waals surface area contributed by atoms with Gasteiger partial charge in [0.2, 0.25) is 0 Å². The van der Waals surface area contributed by atoms with Gasteiger partial charge in [0.1, 0.15) is 5.82 Å². The Hall–Kier alpha value is -2.47. The van der Waals surface area contributed by atoms with Gasteiger partial charge in [-0.2, -0.15) is 0 Å². The van der Waals surface area contributed by atoms with E-state index in [4.69, 9.17) is 0 Å². The normalized spacial score (nSPS) is 28.0. The number of anilines is 1. The average Bonchev–Trinajstić information content (AvgIpc) is 2.90. The minimum atomic E-state index is -0.938. The van der Waals surface area contributed by atoms with Gasteiger partial charge in [-0.05, 0) is 43.2 Å². The van der Waals surface area contributed by atoms with Crippen LogP contribution in [0.2, 0.25) is 0 Å². The highest BCUT2D eigenvalue weighted by molar-refractivity contribution is 5.90. The molecule has 3 atom stereocenters. The first-order chi connectivity index (χ1) is 12.0. The monoisotopic (exact) mass is 341 g/mol. The molecule has 2 N–H and O–H groups in total. The predicted octanol–water partition coefficient (Wildman–Crippen LogP) is 3.27. The lowest BCUT2D eigenvalue weighted by Gasteiger charge is -2.43. The van der Waals surface area contributed by atoms with E-state index >= 15 is 0 Å². The van der Waals surface area contributed by atoms with Crippen LogP contribution < -0.4 is 5.32 Å². The Morgan fingerprint density at radius 3 is 2.48 bits per heavy atom. The third kappa shape index (κ3) is 2.98. The van der Waals surface area contributed by atoms with Crippen molar-refractivity contribution >= 4 is 11.7 Å². The van der Waals surface area contributed by atoms with Gasteiger partial charge in [-0.15, -0.1) is 0 Å². The number of rotatable bonds is 2. The molecule has 5 nitrogen and oxygen atoms in total. The summed E-state index contributed by atoms with van der Waals surface area (Å²) < 4.78 is 13.0. The molecule has 6 heteroatoms. The number of carbonyl (C=O) groups excluding carboxylic acids is 1. The van der Waals surface area contributed by atoms with Gasteiger partial charge >= 0.3 is 6.03 Å². The summed E-state index contributed by atoms with van der Waals surface area (Å²) in [4.78, 5) is 18.6. The summed E-state index contributed by atoms with van der Waals surface area (Å²) in [6.07, 6.45) is 6.16. The van der Waals surface area contributed by atoms with Gasteiger partial charge in [0.25, 0.3) is 0 Å². The number of piperidine rings is 1. The second kappa shape index (κ2) is 6.11. The Kier molecular flexibility index (Phi) is 3.92. The number of benzene rings is 1. The smallest absolute Gasteiger partial charge is 0.322 e. The number of pyridine rings is 1. The van der Waals surface area contributed by atoms with Crippen LogP contribution >= 0.6 is 0 Å². The summed E-state index contributed by atoms with van der Waals surface area (Å²) in [6, 6.07) is 9.24. The number of nitrogens with one attached hydrogen (secondary N) is 1. The van der Waals surface area contributed by atoms with Crippen molar-refractivity contribution < 1.29 is 14.3 Å². The molecule has 0 spiro atoms. The Balaban J connectivity index is 1.50. The first-order valence-corrected chi connectivity index (χ1v) is 8.53. The van der Waals surface area contributed by atoms with Crippen molar-refractivity contribution in [3.05, 3.63) is 60.2 Å². The molecule has 2 aromatic rings. The standard InChI is InChI=1S/C19H20FN3O2/c20-14-3-5-15(6-4-14)22-18(24)23-16-7-8-17(23)11-19(25,10-16)13-2-1-9-21-12-13/h1-6,9,12,16-17,25H,7-8,10-11H2,(H,22,24)/t16-,17+,19?. The van der Waals surface area contributed by atoms with E-state index in [9.17, 15) is 14.3 Å². The molecule has 2 aliphatic rings. The number of hydrogen-bond acceptors (Lipinski definition) is 3. The van der Waals surface area contributed by atoms with E-state index in [2.05, 4.69) is 10.3 Å². The maximum absolute atomic E-state index is 13.0. The van der Waals surface area contributed by atoms with Crippen LogP contribution in [0.25, 0.3) is 0 Å². The maximum atomic E-state index is 13.0. The van der Waals surface area contributed by atoms with E-state index in [0.717, 1.165) is 18.4 Å². The lowest BCUT2D eigenvalue weighted by Crippen LogP contribution is -2.53. The van der Waals surface area contributed by atoms with Crippen molar-refractivity contribution in [2.24, 2.45) is 0 Å². The molecule has 1 aromatic carbocycles. The van der Waals surface area contributed by atoms with Gasteiger partial charge in [-0.3, -0.25) is 4.98 Å². The van der Waals surface area contributed by atoms with Crippen molar-refractivity contribution in [2.75, 3.05) is 5.32 Å². The zero-order valence-electron chi connectivity index (χ0n) is 13.7. The van der Waals surface area contributed by atoms with Gasteiger partial charge in [0, 0.05) is 48.6 Å². The highest BCUT2D eigenvalue weighted by atomic mass is 19.1. The number of nitrogens with zero attached hydrogens (tertiary/aromatic N) is 2. The number of urea groups is 1. The van der Waals surface area contributed by atoms with E-state index in [0.29, 0.717) is 18.5 Å². The number of hydrogen-bond donors (Lipinski definition) is 2. The Morgan fingerprint density at radius 1 is 1.20 bits per heavy atom. The van der Waals surface area contributed by atoms with E-state index in [1.54, 1.807) is 24.5 Å². The molecule has 3 heterocycles. The third-order valence-corrected chi connectivity index (χ3v) is 5.30. The van der Waals surface area contributed by atoms with Crippen molar-refractivity contribution in [3.63, 3.8) is 0 Å². The fourth-order valence-corrected chi connectivity index (χ4v) is 4.15. The molecule has 2 fully saturated rings. The molecule has 25 heavy (non-hydrogen) atoms. The summed E-state index contributed by atoms with van der Waals surface area (Å²) in [5, 5.41) is 13.9. The number of fused-ring (bicyclic) bond motifs is 2. The Bertz CT molecular complexity index is 752. The van der Waals surface area contributed by atoms with E-state index < -0.39 is 5.60 Å². The van der Waals surface area contributed by atoms with Crippen LogP contribution in [0.1, 0.15) is 31.2 Å². The Morgan fingerprint density at radius 2 is 1.88 bits per heavy atom. The van der Waals surface area contributed by atoms with Crippen LogP contribution in [-0.4, -0.2) is 33.1 Å². The quantitative estimate of drug-likeness (QED) is 0.881. The van der Waals surface area contributed by atoms with E-state index in [-0.39, 0.29) is 23.9 Å². The van der Waals surface area contributed by atoms with Crippen molar-refractivity contribution in [1.29, 1.82) is 0 Å². The molecule has 2 aliphatic heterocycles. The van der Waals surface area contributed by atoms with Crippen LogP contribution in [0.15, 0.2) is 48.8 Å². The van der Waals surface area contributed by atoms with Crippen molar-refractivity contribution in [1.82, 2.24) is 9.88 Å². The van der Waals surface area contributed by atoms with Crippen molar-refractivity contribution in [3.8, 4) is 0 Å². The van der Waals surface area contributed by atoms with Crippen LogP contribution in [-0.2, 0) is 5.60 Å². The molecule has 1 aromatic heterocycles. The van der Waals surface area contributed by atoms with Crippen LogP contribution in [0.3, 0.4) is 0 Å². The van der Waals surface area contributed by atoms with Gasteiger partial charge in [-0.1, -0.05) is 6.07 Å². The molecule has 4 rings (SSSR count). The third-order valence-electron chi connectivity index (χ3n) is 5.30. The fraction of sp³-hybridized carbons (Fsp3) is 0.368. The summed E-state index contributed by atoms with van der Waals surface area (Å²) in [7, 11) is 0. The van der Waals surface area contributed by atoms with Gasteiger partial charge in [-0.25, -0.2) is 9.18 Å². The molecule has 2 saturated heterocycles. The molecule has 0 radical (unpaired) electrons.